The molecule has 0 bridgehead atoms. The van der Waals surface area contributed by atoms with Crippen molar-refractivity contribution in [1.82, 2.24) is 4.57 Å². The minimum absolute atomic E-state index is 1.08. The van der Waals surface area contributed by atoms with Gasteiger partial charge in [-0.25, -0.2) is 0 Å². The van der Waals surface area contributed by atoms with Gasteiger partial charge in [-0.2, -0.15) is 0 Å². The van der Waals surface area contributed by atoms with Crippen LogP contribution >= 0.6 is 0 Å². The molecule has 0 aliphatic carbocycles. The first-order chi connectivity index (χ1) is 29.8. The second kappa shape index (κ2) is 15.1. The summed E-state index contributed by atoms with van der Waals surface area (Å²) in [6.07, 6.45) is 0. The van der Waals surface area contributed by atoms with E-state index >= 15 is 0 Å². The fourth-order valence-electron chi connectivity index (χ4n) is 9.05. The van der Waals surface area contributed by atoms with Crippen molar-refractivity contribution >= 4 is 49.6 Å². The molecule has 0 aliphatic rings. The van der Waals surface area contributed by atoms with Gasteiger partial charge in [-0.3, -0.25) is 0 Å². The number of rotatable bonds is 8. The molecular weight excluding hydrogens is 725 g/mol. The van der Waals surface area contributed by atoms with Gasteiger partial charge < -0.3 is 9.47 Å². The van der Waals surface area contributed by atoms with Crippen molar-refractivity contribution in [3.8, 4) is 50.2 Å². The fraction of sp³-hybridized carbons (Fsp3) is 0. The number of hydrogen-bond donors (Lipinski definition) is 0. The largest absolute Gasteiger partial charge is 0.310 e. The van der Waals surface area contributed by atoms with Gasteiger partial charge in [0.2, 0.25) is 0 Å². The number of para-hydroxylation sites is 3. The number of anilines is 3. The standard InChI is InChI=1S/C58H40N2/c1-4-18-41(19-5-1)42-32-35-46(36-33-42)59(47-37-38-48(43-20-6-2-7-21-43)53(40-47)44-22-8-3-9-23-44)54-29-15-12-26-50(54)51-27-13-16-30-55(51)60-56-31-17-14-28-52(56)58-49-25-11-10-24-45(49)34-39-57(58)60/h1-40H. The number of fused-ring (bicyclic) bond motifs is 5. The maximum Gasteiger partial charge on any atom is 0.0547 e. The molecule has 11 rings (SSSR count). The molecule has 0 saturated heterocycles. The molecule has 1 aromatic heterocycles. The van der Waals surface area contributed by atoms with Gasteiger partial charge >= 0.3 is 0 Å². The van der Waals surface area contributed by atoms with Crippen LogP contribution in [0.3, 0.4) is 0 Å². The first-order valence-corrected chi connectivity index (χ1v) is 20.6. The van der Waals surface area contributed by atoms with Crippen molar-refractivity contribution in [2.75, 3.05) is 4.90 Å². The highest BCUT2D eigenvalue weighted by atomic mass is 15.1. The molecule has 0 fully saturated rings. The maximum atomic E-state index is 2.46. The van der Waals surface area contributed by atoms with Crippen molar-refractivity contribution in [3.05, 3.63) is 243 Å². The average molecular weight is 765 g/mol. The van der Waals surface area contributed by atoms with Crippen molar-refractivity contribution < 1.29 is 0 Å². The summed E-state index contributed by atoms with van der Waals surface area (Å²) < 4.78 is 2.46. The van der Waals surface area contributed by atoms with Crippen LogP contribution < -0.4 is 4.90 Å². The lowest BCUT2D eigenvalue weighted by atomic mass is 9.93. The SMILES string of the molecule is c1ccc(-c2ccc(N(c3ccc(-c4ccccc4)c(-c4ccccc4)c3)c3ccccc3-c3ccccc3-n3c4ccccc4c4c5ccccc5ccc43)cc2)cc1. The summed E-state index contributed by atoms with van der Waals surface area (Å²) in [5.74, 6) is 0. The van der Waals surface area contributed by atoms with Crippen LogP contribution in [-0.4, -0.2) is 4.57 Å². The third-order valence-electron chi connectivity index (χ3n) is 11.8. The first kappa shape index (κ1) is 35.2. The monoisotopic (exact) mass is 764 g/mol. The zero-order valence-corrected chi connectivity index (χ0v) is 33.0. The topological polar surface area (TPSA) is 8.17 Å². The number of aromatic nitrogens is 1. The van der Waals surface area contributed by atoms with Crippen LogP contribution in [0.4, 0.5) is 17.1 Å². The van der Waals surface area contributed by atoms with Gasteiger partial charge in [0.15, 0.2) is 0 Å². The zero-order valence-electron chi connectivity index (χ0n) is 33.0. The molecule has 10 aromatic carbocycles. The minimum atomic E-state index is 1.08. The third kappa shape index (κ3) is 6.14. The van der Waals surface area contributed by atoms with E-state index in [0.29, 0.717) is 0 Å². The molecule has 0 N–H and O–H groups in total. The Morgan fingerprint density at radius 1 is 0.300 bits per heavy atom. The van der Waals surface area contributed by atoms with Crippen LogP contribution in [0.25, 0.3) is 82.8 Å². The van der Waals surface area contributed by atoms with E-state index in [1.54, 1.807) is 0 Å². The Hall–Kier alpha value is -7.94. The smallest absolute Gasteiger partial charge is 0.0547 e. The van der Waals surface area contributed by atoms with Crippen LogP contribution in [0.15, 0.2) is 243 Å². The summed E-state index contributed by atoms with van der Waals surface area (Å²) in [7, 11) is 0. The van der Waals surface area contributed by atoms with Crippen LogP contribution in [0.2, 0.25) is 0 Å². The predicted octanol–water partition coefficient (Wildman–Crippen LogP) is 16.1. The molecule has 0 radical (unpaired) electrons. The Kier molecular flexibility index (Phi) is 8.87. The Labute approximate surface area is 350 Å². The minimum Gasteiger partial charge on any atom is -0.310 e. The number of hydrogen-bond acceptors (Lipinski definition) is 1. The highest BCUT2D eigenvalue weighted by molar-refractivity contribution is 6.21. The van der Waals surface area contributed by atoms with Crippen LogP contribution in [-0.2, 0) is 0 Å². The van der Waals surface area contributed by atoms with Crippen LogP contribution in [0, 0.1) is 0 Å². The Morgan fingerprint density at radius 3 is 1.60 bits per heavy atom. The van der Waals surface area contributed by atoms with Gasteiger partial charge in [-0.05, 0) is 92.7 Å². The van der Waals surface area contributed by atoms with E-state index in [1.165, 1.54) is 66.0 Å². The Morgan fingerprint density at radius 2 is 0.850 bits per heavy atom. The van der Waals surface area contributed by atoms with Gasteiger partial charge in [-0.15, -0.1) is 0 Å². The summed E-state index contributed by atoms with van der Waals surface area (Å²) in [4.78, 5) is 2.43. The molecule has 11 aromatic rings. The van der Waals surface area contributed by atoms with Gasteiger partial charge in [-0.1, -0.05) is 194 Å². The molecule has 0 unspecified atom stereocenters. The average Bonchev–Trinajstić information content (AvgIpc) is 3.68. The third-order valence-corrected chi connectivity index (χ3v) is 11.8. The van der Waals surface area contributed by atoms with E-state index in [1.807, 2.05) is 0 Å². The Bertz CT molecular complexity index is 3290. The first-order valence-electron chi connectivity index (χ1n) is 20.6. The molecule has 1 heterocycles. The molecule has 0 aliphatic heterocycles. The predicted molar refractivity (Wildman–Crippen MR) is 255 cm³/mol. The molecule has 0 spiro atoms. The molecule has 282 valence electrons. The molecule has 60 heavy (non-hydrogen) atoms. The van der Waals surface area contributed by atoms with Gasteiger partial charge in [0, 0.05) is 33.3 Å². The normalized spacial score (nSPS) is 11.3. The molecule has 0 saturated carbocycles. The maximum absolute atomic E-state index is 2.46. The van der Waals surface area contributed by atoms with Crippen LogP contribution in [0.1, 0.15) is 0 Å². The van der Waals surface area contributed by atoms with Crippen molar-refractivity contribution in [2.24, 2.45) is 0 Å². The lowest BCUT2D eigenvalue weighted by Gasteiger charge is -2.29. The van der Waals surface area contributed by atoms with E-state index in [9.17, 15) is 0 Å². The highest BCUT2D eigenvalue weighted by Gasteiger charge is 2.23. The van der Waals surface area contributed by atoms with E-state index in [4.69, 9.17) is 0 Å². The summed E-state index contributed by atoms with van der Waals surface area (Å²) in [6, 6.07) is 87.9. The summed E-state index contributed by atoms with van der Waals surface area (Å²) in [5.41, 5.74) is 16.2. The van der Waals surface area contributed by atoms with Gasteiger partial charge in [0.05, 0.1) is 22.4 Å². The quantitative estimate of drug-likeness (QED) is 0.150. The fourth-order valence-corrected chi connectivity index (χ4v) is 9.05. The second-order valence-corrected chi connectivity index (χ2v) is 15.3. The second-order valence-electron chi connectivity index (χ2n) is 15.3. The lowest BCUT2D eigenvalue weighted by Crippen LogP contribution is -2.12. The Balaban J connectivity index is 1.15. The lowest BCUT2D eigenvalue weighted by molar-refractivity contribution is 1.18. The zero-order chi connectivity index (χ0) is 39.8. The van der Waals surface area contributed by atoms with Gasteiger partial charge in [0.25, 0.3) is 0 Å². The summed E-state index contributed by atoms with van der Waals surface area (Å²) in [5, 5.41) is 5.04. The van der Waals surface area contributed by atoms with E-state index in [-0.39, 0.29) is 0 Å². The number of benzene rings is 10. The van der Waals surface area contributed by atoms with Gasteiger partial charge in [0.1, 0.15) is 0 Å². The summed E-state index contributed by atoms with van der Waals surface area (Å²) in [6.45, 7) is 0. The highest BCUT2D eigenvalue weighted by Crippen LogP contribution is 2.46. The molecular formula is C58H40N2. The molecule has 2 heteroatoms. The van der Waals surface area contributed by atoms with E-state index in [0.717, 1.165) is 33.9 Å². The van der Waals surface area contributed by atoms with E-state index in [2.05, 4.69) is 252 Å². The summed E-state index contributed by atoms with van der Waals surface area (Å²) >= 11 is 0. The molecule has 0 amide bonds. The van der Waals surface area contributed by atoms with Crippen molar-refractivity contribution in [3.63, 3.8) is 0 Å². The van der Waals surface area contributed by atoms with E-state index < -0.39 is 0 Å². The van der Waals surface area contributed by atoms with Crippen molar-refractivity contribution in [1.29, 1.82) is 0 Å². The molecule has 2 nitrogen and oxygen atoms in total. The van der Waals surface area contributed by atoms with Crippen molar-refractivity contribution in [2.45, 2.75) is 0 Å². The molecule has 0 atom stereocenters. The number of nitrogens with zero attached hydrogens (tertiary/aromatic N) is 2. The van der Waals surface area contributed by atoms with Crippen LogP contribution in [0.5, 0.6) is 0 Å².